The minimum absolute atomic E-state index is 0.209. The van der Waals surface area contributed by atoms with Crippen molar-refractivity contribution in [1.29, 1.82) is 0 Å². The Morgan fingerprint density at radius 3 is 3.05 bits per heavy atom. The Balaban J connectivity index is 1.51. The summed E-state index contributed by atoms with van der Waals surface area (Å²) in [6.07, 6.45) is 9.41. The van der Waals surface area contributed by atoms with Crippen molar-refractivity contribution in [3.8, 4) is 0 Å². The van der Waals surface area contributed by atoms with E-state index >= 15 is 0 Å². The highest BCUT2D eigenvalue weighted by molar-refractivity contribution is 5.76. The van der Waals surface area contributed by atoms with Gasteiger partial charge in [0.25, 0.3) is 0 Å². The van der Waals surface area contributed by atoms with Crippen molar-refractivity contribution in [3.63, 3.8) is 0 Å². The summed E-state index contributed by atoms with van der Waals surface area (Å²) in [5.74, 6) is 0.209. The number of nitrogens with two attached hydrogens (primary N) is 1. The van der Waals surface area contributed by atoms with Crippen LogP contribution in [0.3, 0.4) is 0 Å². The molecule has 4 heteroatoms. The molecule has 1 amide bonds. The number of hydrogen-bond donors (Lipinski definition) is 2. The molecule has 1 unspecified atom stereocenters. The van der Waals surface area contributed by atoms with Crippen LogP contribution in [0.1, 0.15) is 55.8 Å². The fourth-order valence-electron chi connectivity index (χ4n) is 2.94. The molecule has 0 spiro atoms. The lowest BCUT2D eigenvalue weighted by atomic mass is 9.93. The smallest absolute Gasteiger partial charge is 0.220 e. The highest BCUT2D eigenvalue weighted by Crippen LogP contribution is 2.28. The minimum atomic E-state index is 0.209. The molecule has 19 heavy (non-hydrogen) atoms. The van der Waals surface area contributed by atoms with E-state index in [1.54, 1.807) is 0 Å². The van der Waals surface area contributed by atoms with Crippen LogP contribution in [0.25, 0.3) is 0 Å². The first-order chi connectivity index (χ1) is 9.24. The van der Waals surface area contributed by atoms with Crippen molar-refractivity contribution in [1.82, 2.24) is 9.88 Å². The summed E-state index contributed by atoms with van der Waals surface area (Å²) < 4.78 is 2.29. The predicted octanol–water partition coefficient (Wildman–Crippen LogP) is 1.88. The van der Waals surface area contributed by atoms with Gasteiger partial charge in [0.2, 0.25) is 5.91 Å². The summed E-state index contributed by atoms with van der Waals surface area (Å²) in [6, 6.07) is 2.84. The summed E-state index contributed by atoms with van der Waals surface area (Å²) in [5.41, 5.74) is 8.82. The number of aromatic nitrogens is 1. The highest BCUT2D eigenvalue weighted by atomic mass is 16.1. The standard InChI is InChI=1S/C15H23N3O/c16-13-3-1-4-14-12(13)8-10-18(14)9-2-5-15(19)17-11-6-7-11/h8,10-11,13H,1-7,9,16H2,(H,17,19). The third-order valence-electron chi connectivity index (χ3n) is 4.19. The minimum Gasteiger partial charge on any atom is -0.353 e. The van der Waals surface area contributed by atoms with Crippen LogP contribution in [0.5, 0.6) is 0 Å². The van der Waals surface area contributed by atoms with Gasteiger partial charge in [-0.05, 0) is 50.2 Å². The first-order valence-corrected chi connectivity index (χ1v) is 7.47. The number of nitrogens with one attached hydrogen (secondary N) is 1. The van der Waals surface area contributed by atoms with Gasteiger partial charge in [-0.1, -0.05) is 0 Å². The van der Waals surface area contributed by atoms with E-state index in [0.717, 1.165) is 38.6 Å². The highest BCUT2D eigenvalue weighted by Gasteiger charge is 2.23. The maximum Gasteiger partial charge on any atom is 0.220 e. The van der Waals surface area contributed by atoms with Gasteiger partial charge in [0.15, 0.2) is 0 Å². The van der Waals surface area contributed by atoms with E-state index in [4.69, 9.17) is 5.73 Å². The van der Waals surface area contributed by atoms with Gasteiger partial charge in [0.1, 0.15) is 0 Å². The van der Waals surface area contributed by atoms with E-state index in [9.17, 15) is 4.79 Å². The van der Waals surface area contributed by atoms with E-state index in [1.807, 2.05) is 0 Å². The van der Waals surface area contributed by atoms with Crippen LogP contribution in [0.4, 0.5) is 0 Å². The Morgan fingerprint density at radius 1 is 1.42 bits per heavy atom. The van der Waals surface area contributed by atoms with Crippen molar-refractivity contribution in [3.05, 3.63) is 23.5 Å². The van der Waals surface area contributed by atoms with Crippen LogP contribution >= 0.6 is 0 Å². The maximum absolute atomic E-state index is 11.6. The third kappa shape index (κ3) is 3.00. The summed E-state index contributed by atoms with van der Waals surface area (Å²) in [6.45, 7) is 0.931. The number of amides is 1. The number of rotatable bonds is 5. The first kappa shape index (κ1) is 12.7. The average Bonchev–Trinajstić information content (AvgIpc) is 3.09. The SMILES string of the molecule is NC1CCCc2c1ccn2CCCC(=O)NC1CC1. The Morgan fingerprint density at radius 2 is 2.26 bits per heavy atom. The Labute approximate surface area is 114 Å². The van der Waals surface area contributed by atoms with Crippen LogP contribution in [0.2, 0.25) is 0 Å². The van der Waals surface area contributed by atoms with Crippen LogP contribution in [0, 0.1) is 0 Å². The zero-order valence-corrected chi connectivity index (χ0v) is 11.4. The number of carbonyl (C=O) groups is 1. The quantitative estimate of drug-likeness (QED) is 0.850. The van der Waals surface area contributed by atoms with Gasteiger partial charge < -0.3 is 15.6 Å². The molecule has 1 fully saturated rings. The molecule has 2 aliphatic rings. The number of carbonyl (C=O) groups excluding carboxylic acids is 1. The largest absolute Gasteiger partial charge is 0.353 e. The summed E-state index contributed by atoms with van der Waals surface area (Å²) >= 11 is 0. The molecule has 0 aromatic carbocycles. The Hall–Kier alpha value is -1.29. The molecule has 0 aliphatic heterocycles. The molecule has 1 saturated carbocycles. The second-order valence-electron chi connectivity index (χ2n) is 5.86. The fraction of sp³-hybridized carbons (Fsp3) is 0.667. The number of nitrogens with zero attached hydrogens (tertiary/aromatic N) is 1. The second kappa shape index (κ2) is 5.37. The normalized spacial score (nSPS) is 22.1. The molecule has 0 radical (unpaired) electrons. The van der Waals surface area contributed by atoms with Crippen molar-refractivity contribution < 1.29 is 4.79 Å². The molecule has 2 aliphatic carbocycles. The number of hydrogen-bond acceptors (Lipinski definition) is 2. The molecular formula is C15H23N3O. The van der Waals surface area contributed by atoms with Crippen LogP contribution in [0.15, 0.2) is 12.3 Å². The molecular weight excluding hydrogens is 238 g/mol. The molecule has 104 valence electrons. The van der Waals surface area contributed by atoms with Crippen LogP contribution in [-0.4, -0.2) is 16.5 Å². The first-order valence-electron chi connectivity index (χ1n) is 7.47. The molecule has 1 aromatic rings. The lowest BCUT2D eigenvalue weighted by Gasteiger charge is -2.21. The van der Waals surface area contributed by atoms with Gasteiger partial charge in [-0.25, -0.2) is 0 Å². The van der Waals surface area contributed by atoms with Crippen molar-refractivity contribution in [2.45, 2.75) is 63.6 Å². The van der Waals surface area contributed by atoms with Crippen molar-refractivity contribution >= 4 is 5.91 Å². The zero-order chi connectivity index (χ0) is 13.2. The van der Waals surface area contributed by atoms with Gasteiger partial charge in [-0.15, -0.1) is 0 Å². The molecule has 4 nitrogen and oxygen atoms in total. The predicted molar refractivity (Wildman–Crippen MR) is 74.7 cm³/mol. The Kier molecular flexibility index (Phi) is 3.60. The van der Waals surface area contributed by atoms with Gasteiger partial charge in [0.05, 0.1) is 0 Å². The fourth-order valence-corrected chi connectivity index (χ4v) is 2.94. The molecule has 3 N–H and O–H groups in total. The lowest BCUT2D eigenvalue weighted by Crippen LogP contribution is -2.25. The monoisotopic (exact) mass is 261 g/mol. The molecule has 3 rings (SSSR count). The average molecular weight is 261 g/mol. The second-order valence-corrected chi connectivity index (χ2v) is 5.86. The van der Waals surface area contributed by atoms with E-state index in [2.05, 4.69) is 22.1 Å². The maximum atomic E-state index is 11.6. The summed E-state index contributed by atoms with van der Waals surface area (Å²) in [4.78, 5) is 11.6. The van der Waals surface area contributed by atoms with Crippen LogP contribution in [-0.2, 0) is 17.8 Å². The number of aryl methyl sites for hydroxylation is 1. The molecule has 1 aromatic heterocycles. The zero-order valence-electron chi connectivity index (χ0n) is 11.4. The molecule has 1 heterocycles. The van der Waals surface area contributed by atoms with Crippen molar-refractivity contribution in [2.24, 2.45) is 5.73 Å². The third-order valence-corrected chi connectivity index (χ3v) is 4.19. The lowest BCUT2D eigenvalue weighted by molar-refractivity contribution is -0.121. The Bertz CT molecular complexity index is 462. The van der Waals surface area contributed by atoms with Gasteiger partial charge >= 0.3 is 0 Å². The molecule has 0 saturated heterocycles. The molecule has 1 atom stereocenters. The number of fused-ring (bicyclic) bond motifs is 1. The van der Waals surface area contributed by atoms with E-state index < -0.39 is 0 Å². The molecule has 0 bridgehead atoms. The van der Waals surface area contributed by atoms with Gasteiger partial charge in [-0.2, -0.15) is 0 Å². The van der Waals surface area contributed by atoms with E-state index in [-0.39, 0.29) is 11.9 Å². The summed E-state index contributed by atoms with van der Waals surface area (Å²) in [5, 5.41) is 3.04. The van der Waals surface area contributed by atoms with Gasteiger partial charge in [-0.3, -0.25) is 4.79 Å². The summed E-state index contributed by atoms with van der Waals surface area (Å²) in [7, 11) is 0. The van der Waals surface area contributed by atoms with Crippen LogP contribution < -0.4 is 11.1 Å². The van der Waals surface area contributed by atoms with E-state index in [0.29, 0.717) is 12.5 Å². The topological polar surface area (TPSA) is 60.0 Å². The van der Waals surface area contributed by atoms with Crippen molar-refractivity contribution in [2.75, 3.05) is 0 Å². The van der Waals surface area contributed by atoms with Gasteiger partial charge in [0, 0.05) is 36.9 Å². The van der Waals surface area contributed by atoms with E-state index in [1.165, 1.54) is 17.7 Å².